The molecular formula is C23H25F3N2O5. The molecule has 0 bridgehead atoms. The Labute approximate surface area is 188 Å². The van der Waals surface area contributed by atoms with Crippen molar-refractivity contribution in [1.82, 2.24) is 9.13 Å². The van der Waals surface area contributed by atoms with E-state index in [1.54, 1.807) is 20.0 Å². The molecule has 1 aliphatic carbocycles. The molecule has 0 aliphatic heterocycles. The standard InChI is InChI=1S/C23H25F3N2O5/c1-14-18(16-7-4-8-17(13-16)33-23(24,25)26)9-5-10-19-20(14)27(3)22(31)28(21(19)30)11-6-12-32-15(2)29/h4,7-8,13H,5-6,9-12H2,1-3H3. The molecule has 10 heteroatoms. The van der Waals surface area contributed by atoms with Crippen molar-refractivity contribution in [3.8, 4) is 5.75 Å². The van der Waals surface area contributed by atoms with Crippen molar-refractivity contribution in [2.24, 2.45) is 7.05 Å². The zero-order valence-electron chi connectivity index (χ0n) is 18.6. The van der Waals surface area contributed by atoms with Crippen LogP contribution in [0.15, 0.2) is 33.9 Å². The number of fused-ring (bicyclic) bond motifs is 1. The molecule has 0 N–H and O–H groups in total. The number of nitrogens with zero attached hydrogens (tertiary/aromatic N) is 2. The second-order valence-corrected chi connectivity index (χ2v) is 7.85. The fourth-order valence-electron chi connectivity index (χ4n) is 4.18. The maximum absolute atomic E-state index is 13.1. The van der Waals surface area contributed by atoms with Crippen LogP contribution < -0.4 is 16.0 Å². The number of esters is 1. The fourth-order valence-corrected chi connectivity index (χ4v) is 4.18. The summed E-state index contributed by atoms with van der Waals surface area (Å²) < 4.78 is 49.4. The summed E-state index contributed by atoms with van der Waals surface area (Å²) in [6, 6.07) is 5.69. The molecule has 3 rings (SSSR count). The lowest BCUT2D eigenvalue weighted by Crippen LogP contribution is -2.42. The third-order valence-electron chi connectivity index (χ3n) is 5.55. The SMILES string of the molecule is CC(=O)OCCCn1c(=O)c2c(n(C)c1=O)C(C)=C(c1cccc(OC(F)(F)F)c1)CCC2. The predicted molar refractivity (Wildman–Crippen MR) is 116 cm³/mol. The van der Waals surface area contributed by atoms with E-state index >= 15 is 0 Å². The molecule has 0 amide bonds. The van der Waals surface area contributed by atoms with E-state index in [4.69, 9.17) is 4.74 Å². The first-order valence-corrected chi connectivity index (χ1v) is 10.5. The van der Waals surface area contributed by atoms with Crippen molar-refractivity contribution in [3.63, 3.8) is 0 Å². The third kappa shape index (κ3) is 5.55. The van der Waals surface area contributed by atoms with E-state index in [0.29, 0.717) is 48.1 Å². The largest absolute Gasteiger partial charge is 0.573 e. The van der Waals surface area contributed by atoms with Crippen LogP contribution >= 0.6 is 0 Å². The first kappa shape index (κ1) is 24.3. The number of aromatic nitrogens is 2. The molecule has 1 aliphatic rings. The number of halogens is 3. The second-order valence-electron chi connectivity index (χ2n) is 7.85. The van der Waals surface area contributed by atoms with Gasteiger partial charge in [0.2, 0.25) is 0 Å². The molecule has 1 aromatic carbocycles. The topological polar surface area (TPSA) is 79.5 Å². The number of allylic oxidation sites excluding steroid dienone is 2. The van der Waals surface area contributed by atoms with Crippen molar-refractivity contribution in [3.05, 3.63) is 61.9 Å². The van der Waals surface area contributed by atoms with Gasteiger partial charge < -0.3 is 9.47 Å². The van der Waals surface area contributed by atoms with Gasteiger partial charge in [-0.3, -0.25) is 18.7 Å². The highest BCUT2D eigenvalue weighted by Gasteiger charge is 2.31. The van der Waals surface area contributed by atoms with Crippen LogP contribution in [-0.2, 0) is 29.5 Å². The Hall–Kier alpha value is -3.30. The van der Waals surface area contributed by atoms with Crippen LogP contribution in [0.5, 0.6) is 5.75 Å². The maximum atomic E-state index is 13.1. The van der Waals surface area contributed by atoms with Crippen molar-refractivity contribution >= 4 is 17.1 Å². The van der Waals surface area contributed by atoms with E-state index in [9.17, 15) is 27.6 Å². The molecule has 0 fully saturated rings. The van der Waals surface area contributed by atoms with E-state index in [2.05, 4.69) is 4.74 Å². The number of hydrogen-bond acceptors (Lipinski definition) is 5. The minimum Gasteiger partial charge on any atom is -0.466 e. The Morgan fingerprint density at radius 1 is 1.18 bits per heavy atom. The van der Waals surface area contributed by atoms with Gasteiger partial charge in [-0.15, -0.1) is 13.2 Å². The van der Waals surface area contributed by atoms with E-state index in [1.807, 2.05) is 0 Å². The molecule has 7 nitrogen and oxygen atoms in total. The van der Waals surface area contributed by atoms with Crippen molar-refractivity contribution in [2.45, 2.75) is 52.4 Å². The second kappa shape index (κ2) is 9.68. The van der Waals surface area contributed by atoms with Gasteiger partial charge in [-0.25, -0.2) is 4.79 Å². The van der Waals surface area contributed by atoms with Crippen LogP contribution in [0.1, 0.15) is 49.9 Å². The lowest BCUT2D eigenvalue weighted by Gasteiger charge is -2.18. The predicted octanol–water partition coefficient (Wildman–Crippen LogP) is 3.67. The summed E-state index contributed by atoms with van der Waals surface area (Å²) in [4.78, 5) is 37.0. The third-order valence-corrected chi connectivity index (χ3v) is 5.55. The van der Waals surface area contributed by atoms with E-state index in [1.165, 1.54) is 29.7 Å². The van der Waals surface area contributed by atoms with Crippen LogP contribution in [0, 0.1) is 0 Å². The lowest BCUT2D eigenvalue weighted by molar-refractivity contribution is -0.274. The molecule has 33 heavy (non-hydrogen) atoms. The van der Waals surface area contributed by atoms with Crippen LogP contribution in [-0.4, -0.2) is 28.1 Å². The quantitative estimate of drug-likeness (QED) is 0.480. The molecule has 0 spiro atoms. The average Bonchev–Trinajstić information content (AvgIpc) is 2.89. The highest BCUT2D eigenvalue weighted by molar-refractivity contribution is 5.90. The van der Waals surface area contributed by atoms with Gasteiger partial charge in [0, 0.05) is 26.1 Å². The highest BCUT2D eigenvalue weighted by Crippen LogP contribution is 2.35. The summed E-state index contributed by atoms with van der Waals surface area (Å²) in [5.74, 6) is -0.767. The Kier molecular flexibility index (Phi) is 7.14. The van der Waals surface area contributed by atoms with Crippen molar-refractivity contribution < 1.29 is 27.4 Å². The van der Waals surface area contributed by atoms with Gasteiger partial charge in [0.25, 0.3) is 5.56 Å². The minimum absolute atomic E-state index is 0.0986. The van der Waals surface area contributed by atoms with Gasteiger partial charge in [0.05, 0.1) is 12.3 Å². The zero-order chi connectivity index (χ0) is 24.3. The van der Waals surface area contributed by atoms with Gasteiger partial charge >= 0.3 is 18.0 Å². The van der Waals surface area contributed by atoms with Crippen LogP contribution in [0.2, 0.25) is 0 Å². The van der Waals surface area contributed by atoms with Crippen molar-refractivity contribution in [1.29, 1.82) is 0 Å². The fraction of sp³-hybridized carbons (Fsp3) is 0.435. The number of carbonyl (C=O) groups excluding carboxylic acids is 1. The number of hydrogen-bond donors (Lipinski definition) is 0. The summed E-state index contributed by atoms with van der Waals surface area (Å²) in [6.45, 7) is 3.26. The molecule has 2 aromatic rings. The first-order valence-electron chi connectivity index (χ1n) is 10.5. The average molecular weight is 466 g/mol. The van der Waals surface area contributed by atoms with Gasteiger partial charge in [-0.05, 0) is 61.4 Å². The number of ether oxygens (including phenoxy) is 2. The number of carbonyl (C=O) groups is 1. The molecule has 0 unspecified atom stereocenters. The van der Waals surface area contributed by atoms with Gasteiger partial charge in [-0.2, -0.15) is 0 Å². The lowest BCUT2D eigenvalue weighted by atomic mass is 9.96. The molecule has 0 atom stereocenters. The summed E-state index contributed by atoms with van der Waals surface area (Å²) >= 11 is 0. The van der Waals surface area contributed by atoms with Gasteiger partial charge in [0.15, 0.2) is 0 Å². The Balaban J connectivity index is 2.04. The van der Waals surface area contributed by atoms with E-state index < -0.39 is 23.6 Å². The molecule has 1 heterocycles. The summed E-state index contributed by atoms with van der Waals surface area (Å²) in [5, 5.41) is 0. The number of benzene rings is 1. The zero-order valence-corrected chi connectivity index (χ0v) is 18.6. The first-order chi connectivity index (χ1) is 15.5. The van der Waals surface area contributed by atoms with Crippen molar-refractivity contribution in [2.75, 3.05) is 6.61 Å². The molecule has 0 saturated carbocycles. The molecule has 0 radical (unpaired) electrons. The van der Waals surface area contributed by atoms with E-state index in [0.717, 1.165) is 10.1 Å². The minimum atomic E-state index is -4.80. The summed E-state index contributed by atoms with van der Waals surface area (Å²) in [6.07, 6.45) is -2.95. The monoisotopic (exact) mass is 466 g/mol. The normalized spacial score (nSPS) is 14.0. The van der Waals surface area contributed by atoms with E-state index in [-0.39, 0.29) is 18.9 Å². The molecule has 178 valence electrons. The van der Waals surface area contributed by atoms with Gasteiger partial charge in [0.1, 0.15) is 5.75 Å². The number of rotatable bonds is 6. The number of alkyl halides is 3. The molecule has 0 saturated heterocycles. The highest BCUT2D eigenvalue weighted by atomic mass is 19.4. The maximum Gasteiger partial charge on any atom is 0.573 e. The van der Waals surface area contributed by atoms with Crippen LogP contribution in [0.4, 0.5) is 13.2 Å². The smallest absolute Gasteiger partial charge is 0.466 e. The summed E-state index contributed by atoms with van der Waals surface area (Å²) in [7, 11) is 1.57. The molecule has 1 aromatic heterocycles. The molecular weight excluding hydrogens is 441 g/mol. The van der Waals surface area contributed by atoms with Crippen LogP contribution in [0.3, 0.4) is 0 Å². The van der Waals surface area contributed by atoms with Crippen LogP contribution in [0.25, 0.3) is 11.1 Å². The Morgan fingerprint density at radius 3 is 2.58 bits per heavy atom. The van der Waals surface area contributed by atoms with Gasteiger partial charge in [-0.1, -0.05) is 12.1 Å². The Bertz CT molecular complexity index is 1210. The summed E-state index contributed by atoms with van der Waals surface area (Å²) in [5.41, 5.74) is 2.02. The Morgan fingerprint density at radius 2 is 1.91 bits per heavy atom.